The van der Waals surface area contributed by atoms with E-state index in [0.29, 0.717) is 6.04 Å². The highest BCUT2D eigenvalue weighted by Crippen LogP contribution is 2.26. The van der Waals surface area contributed by atoms with Crippen LogP contribution in [0.1, 0.15) is 37.7 Å². The molecule has 1 saturated carbocycles. The summed E-state index contributed by atoms with van der Waals surface area (Å²) in [6.45, 7) is 1.16. The molecule has 0 bridgehead atoms. The summed E-state index contributed by atoms with van der Waals surface area (Å²) in [6, 6.07) is 10.1. The second kappa shape index (κ2) is 5.09. The summed E-state index contributed by atoms with van der Waals surface area (Å²) in [5, 5.41) is 7.32. The van der Waals surface area contributed by atoms with Gasteiger partial charge in [0.1, 0.15) is 0 Å². The third kappa shape index (κ3) is 2.63. The Morgan fingerprint density at radius 3 is 2.82 bits per heavy atom. The summed E-state index contributed by atoms with van der Waals surface area (Å²) in [7, 11) is 0. The quantitative estimate of drug-likeness (QED) is 0.831. The predicted molar refractivity (Wildman–Crippen MR) is 72.4 cm³/mol. The lowest BCUT2D eigenvalue weighted by atomic mass is 10.1. The first-order chi connectivity index (χ1) is 8.42. The highest BCUT2D eigenvalue weighted by atomic mass is 15.0. The van der Waals surface area contributed by atoms with E-state index in [1.54, 1.807) is 0 Å². The summed E-state index contributed by atoms with van der Waals surface area (Å²) in [5.74, 6) is 0. The minimum absolute atomic E-state index is 0.640. The molecule has 2 nitrogen and oxygen atoms in total. The number of para-hydroxylation sites is 1. The van der Waals surface area contributed by atoms with E-state index in [1.165, 1.54) is 49.8 Å². The van der Waals surface area contributed by atoms with E-state index in [-0.39, 0.29) is 0 Å². The van der Waals surface area contributed by atoms with E-state index in [9.17, 15) is 0 Å². The Bertz CT molecular complexity index is 344. The fraction of sp³-hybridized carbons (Fsp3) is 0.600. The average molecular weight is 230 g/mol. The molecule has 1 heterocycles. The van der Waals surface area contributed by atoms with E-state index >= 15 is 0 Å². The van der Waals surface area contributed by atoms with Gasteiger partial charge in [-0.1, -0.05) is 31.0 Å². The van der Waals surface area contributed by atoms with Gasteiger partial charge in [0.25, 0.3) is 0 Å². The second-order valence-electron chi connectivity index (χ2n) is 5.43. The van der Waals surface area contributed by atoms with Crippen molar-refractivity contribution in [2.45, 2.75) is 50.6 Å². The van der Waals surface area contributed by atoms with Crippen LogP contribution in [0, 0.1) is 0 Å². The molecule has 1 aromatic rings. The van der Waals surface area contributed by atoms with Crippen molar-refractivity contribution in [2.75, 3.05) is 11.9 Å². The Morgan fingerprint density at radius 1 is 1.18 bits per heavy atom. The molecule has 0 radical (unpaired) electrons. The first kappa shape index (κ1) is 11.1. The SMILES string of the molecule is c1ccc2c(c1)CC(CCNC1CCCC1)N2. The Balaban J connectivity index is 1.43. The fourth-order valence-electron chi connectivity index (χ4n) is 3.14. The zero-order chi connectivity index (χ0) is 11.5. The van der Waals surface area contributed by atoms with Gasteiger partial charge in [-0.05, 0) is 43.9 Å². The molecular formula is C15H22N2. The van der Waals surface area contributed by atoms with Crippen molar-refractivity contribution in [3.8, 4) is 0 Å². The molecule has 17 heavy (non-hydrogen) atoms. The van der Waals surface area contributed by atoms with E-state index in [0.717, 1.165) is 12.6 Å². The summed E-state index contributed by atoms with van der Waals surface area (Å²) in [5.41, 5.74) is 2.83. The molecule has 0 spiro atoms. The van der Waals surface area contributed by atoms with Gasteiger partial charge in [-0.2, -0.15) is 0 Å². The maximum Gasteiger partial charge on any atom is 0.0375 e. The van der Waals surface area contributed by atoms with Crippen molar-refractivity contribution in [3.05, 3.63) is 29.8 Å². The highest BCUT2D eigenvalue weighted by Gasteiger charge is 2.20. The molecule has 1 atom stereocenters. The normalized spacial score (nSPS) is 23.6. The molecule has 92 valence electrons. The zero-order valence-corrected chi connectivity index (χ0v) is 10.4. The third-order valence-electron chi connectivity index (χ3n) is 4.12. The molecule has 1 aromatic carbocycles. The van der Waals surface area contributed by atoms with Crippen LogP contribution in [-0.4, -0.2) is 18.6 Å². The van der Waals surface area contributed by atoms with Crippen LogP contribution in [0.2, 0.25) is 0 Å². The number of fused-ring (bicyclic) bond motifs is 1. The molecule has 0 amide bonds. The largest absolute Gasteiger partial charge is 0.382 e. The first-order valence-corrected chi connectivity index (χ1v) is 6.99. The number of rotatable bonds is 4. The van der Waals surface area contributed by atoms with Gasteiger partial charge in [0.05, 0.1) is 0 Å². The smallest absolute Gasteiger partial charge is 0.0375 e. The zero-order valence-electron chi connectivity index (χ0n) is 10.4. The van der Waals surface area contributed by atoms with Gasteiger partial charge < -0.3 is 10.6 Å². The monoisotopic (exact) mass is 230 g/mol. The van der Waals surface area contributed by atoms with E-state index < -0.39 is 0 Å². The molecule has 1 fully saturated rings. The van der Waals surface area contributed by atoms with Crippen LogP contribution in [0.5, 0.6) is 0 Å². The van der Waals surface area contributed by atoms with Gasteiger partial charge in [0.2, 0.25) is 0 Å². The molecule has 3 rings (SSSR count). The average Bonchev–Trinajstić information content (AvgIpc) is 2.96. The van der Waals surface area contributed by atoms with Gasteiger partial charge in [0, 0.05) is 17.8 Å². The van der Waals surface area contributed by atoms with Crippen molar-refractivity contribution >= 4 is 5.69 Å². The Hall–Kier alpha value is -1.02. The minimum atomic E-state index is 0.640. The van der Waals surface area contributed by atoms with Crippen LogP contribution < -0.4 is 10.6 Å². The molecule has 1 aliphatic carbocycles. The Labute approximate surface area is 104 Å². The molecular weight excluding hydrogens is 208 g/mol. The summed E-state index contributed by atoms with van der Waals surface area (Å²) in [4.78, 5) is 0. The third-order valence-corrected chi connectivity index (χ3v) is 4.12. The molecule has 0 saturated heterocycles. The minimum Gasteiger partial charge on any atom is -0.382 e. The number of anilines is 1. The Morgan fingerprint density at radius 2 is 2.00 bits per heavy atom. The summed E-state index contributed by atoms with van der Waals surface area (Å²) in [6.07, 6.45) is 8.06. The number of benzene rings is 1. The molecule has 1 unspecified atom stereocenters. The van der Waals surface area contributed by atoms with Gasteiger partial charge in [-0.25, -0.2) is 0 Å². The first-order valence-electron chi connectivity index (χ1n) is 6.99. The van der Waals surface area contributed by atoms with E-state index in [2.05, 4.69) is 34.9 Å². The number of hydrogen-bond acceptors (Lipinski definition) is 2. The van der Waals surface area contributed by atoms with Crippen molar-refractivity contribution in [2.24, 2.45) is 0 Å². The molecule has 2 N–H and O–H groups in total. The summed E-state index contributed by atoms with van der Waals surface area (Å²) < 4.78 is 0. The van der Waals surface area contributed by atoms with Crippen molar-refractivity contribution in [1.29, 1.82) is 0 Å². The molecule has 2 heteroatoms. The van der Waals surface area contributed by atoms with Crippen LogP contribution in [0.3, 0.4) is 0 Å². The molecule has 0 aromatic heterocycles. The lowest BCUT2D eigenvalue weighted by molar-refractivity contribution is 0.498. The van der Waals surface area contributed by atoms with Crippen LogP contribution in [0.4, 0.5) is 5.69 Å². The maximum atomic E-state index is 3.70. The second-order valence-corrected chi connectivity index (χ2v) is 5.43. The standard InChI is InChI=1S/C15H22N2/c1-4-8-15-12(5-1)11-14(17-15)9-10-16-13-6-2-3-7-13/h1,4-5,8,13-14,16-17H,2-3,6-7,9-11H2. The van der Waals surface area contributed by atoms with Gasteiger partial charge in [-0.3, -0.25) is 0 Å². The van der Waals surface area contributed by atoms with Crippen LogP contribution in [0.25, 0.3) is 0 Å². The fourth-order valence-corrected chi connectivity index (χ4v) is 3.14. The number of hydrogen-bond donors (Lipinski definition) is 2. The van der Waals surface area contributed by atoms with Crippen molar-refractivity contribution < 1.29 is 0 Å². The highest BCUT2D eigenvalue weighted by molar-refractivity contribution is 5.56. The molecule has 1 aliphatic heterocycles. The van der Waals surface area contributed by atoms with Crippen LogP contribution in [0.15, 0.2) is 24.3 Å². The van der Waals surface area contributed by atoms with Gasteiger partial charge >= 0.3 is 0 Å². The van der Waals surface area contributed by atoms with Gasteiger partial charge in [0.15, 0.2) is 0 Å². The summed E-state index contributed by atoms with van der Waals surface area (Å²) >= 11 is 0. The number of nitrogens with one attached hydrogen (secondary N) is 2. The maximum absolute atomic E-state index is 3.70. The predicted octanol–water partition coefficient (Wildman–Crippen LogP) is 2.95. The van der Waals surface area contributed by atoms with E-state index in [4.69, 9.17) is 0 Å². The van der Waals surface area contributed by atoms with Crippen molar-refractivity contribution in [3.63, 3.8) is 0 Å². The van der Waals surface area contributed by atoms with Crippen LogP contribution >= 0.6 is 0 Å². The van der Waals surface area contributed by atoms with Crippen molar-refractivity contribution in [1.82, 2.24) is 5.32 Å². The van der Waals surface area contributed by atoms with Crippen LogP contribution in [-0.2, 0) is 6.42 Å². The van der Waals surface area contributed by atoms with Gasteiger partial charge in [-0.15, -0.1) is 0 Å². The molecule has 2 aliphatic rings. The topological polar surface area (TPSA) is 24.1 Å². The lowest BCUT2D eigenvalue weighted by Crippen LogP contribution is -2.30. The lowest BCUT2D eigenvalue weighted by Gasteiger charge is -2.15. The Kier molecular flexibility index (Phi) is 3.32. The van der Waals surface area contributed by atoms with E-state index in [1.807, 2.05) is 0 Å².